The predicted octanol–water partition coefficient (Wildman–Crippen LogP) is 5.15. The number of amides is 1. The molecule has 0 aromatic heterocycles. The van der Waals surface area contributed by atoms with Crippen molar-refractivity contribution in [3.05, 3.63) is 64.2 Å². The van der Waals surface area contributed by atoms with Crippen LogP contribution < -0.4 is 5.32 Å². The second-order valence-corrected chi connectivity index (χ2v) is 9.44. The molecule has 1 amide bonds. The SMILES string of the molecule is Cc1c(C(C)(C)C)cc(CC(=O)NCc2ccc(O)cc2)cc1C(C)(C)C. The Kier molecular flexibility index (Phi) is 6.04. The number of hydrogen-bond donors (Lipinski definition) is 2. The lowest BCUT2D eigenvalue weighted by Crippen LogP contribution is -2.26. The first kappa shape index (κ1) is 21.0. The zero-order chi connectivity index (χ0) is 20.4. The molecule has 2 aromatic carbocycles. The summed E-state index contributed by atoms with van der Waals surface area (Å²) in [6.45, 7) is 16.0. The highest BCUT2D eigenvalue weighted by molar-refractivity contribution is 5.78. The van der Waals surface area contributed by atoms with E-state index >= 15 is 0 Å². The molecule has 2 rings (SSSR count). The van der Waals surface area contributed by atoms with Crippen LogP contribution in [0, 0.1) is 6.92 Å². The van der Waals surface area contributed by atoms with Crippen LogP contribution in [0.3, 0.4) is 0 Å². The molecule has 0 saturated heterocycles. The molecule has 0 atom stereocenters. The number of nitrogens with one attached hydrogen (secondary N) is 1. The lowest BCUT2D eigenvalue weighted by atomic mass is 9.75. The molecule has 146 valence electrons. The van der Waals surface area contributed by atoms with Crippen molar-refractivity contribution in [3.8, 4) is 5.75 Å². The first-order chi connectivity index (χ1) is 12.4. The second kappa shape index (κ2) is 7.75. The summed E-state index contributed by atoms with van der Waals surface area (Å²) in [4.78, 5) is 12.5. The normalized spacial score (nSPS) is 12.1. The average molecular weight is 368 g/mol. The first-order valence-electron chi connectivity index (χ1n) is 9.57. The number of aromatic hydroxyl groups is 1. The van der Waals surface area contributed by atoms with Gasteiger partial charge < -0.3 is 10.4 Å². The smallest absolute Gasteiger partial charge is 0.224 e. The van der Waals surface area contributed by atoms with Gasteiger partial charge in [0.25, 0.3) is 0 Å². The molecule has 0 fully saturated rings. The quantitative estimate of drug-likeness (QED) is 0.785. The molecule has 3 nitrogen and oxygen atoms in total. The highest BCUT2D eigenvalue weighted by Crippen LogP contribution is 2.34. The maximum absolute atomic E-state index is 12.5. The van der Waals surface area contributed by atoms with Gasteiger partial charge in [-0.15, -0.1) is 0 Å². The highest BCUT2D eigenvalue weighted by Gasteiger charge is 2.24. The zero-order valence-corrected chi connectivity index (χ0v) is 17.7. The van der Waals surface area contributed by atoms with Crippen molar-refractivity contribution in [2.24, 2.45) is 0 Å². The lowest BCUT2D eigenvalue weighted by Gasteiger charge is -2.29. The van der Waals surface area contributed by atoms with Crippen LogP contribution in [0.15, 0.2) is 36.4 Å². The van der Waals surface area contributed by atoms with E-state index in [1.54, 1.807) is 12.1 Å². The van der Waals surface area contributed by atoms with Crippen LogP contribution in [0.25, 0.3) is 0 Å². The van der Waals surface area contributed by atoms with E-state index in [9.17, 15) is 9.90 Å². The van der Waals surface area contributed by atoms with Gasteiger partial charge in [-0.2, -0.15) is 0 Å². The molecule has 2 N–H and O–H groups in total. The number of hydrogen-bond acceptors (Lipinski definition) is 2. The van der Waals surface area contributed by atoms with Crippen LogP contribution in [0.4, 0.5) is 0 Å². The van der Waals surface area contributed by atoms with E-state index < -0.39 is 0 Å². The Bertz CT molecular complexity index is 771. The minimum atomic E-state index is 0.00615. The van der Waals surface area contributed by atoms with Crippen molar-refractivity contribution in [2.45, 2.75) is 72.3 Å². The molecular formula is C24H33NO2. The van der Waals surface area contributed by atoms with Crippen LogP contribution in [-0.4, -0.2) is 11.0 Å². The van der Waals surface area contributed by atoms with Crippen LogP contribution in [0.5, 0.6) is 5.75 Å². The molecule has 0 heterocycles. The monoisotopic (exact) mass is 367 g/mol. The fourth-order valence-electron chi connectivity index (χ4n) is 3.50. The van der Waals surface area contributed by atoms with E-state index in [0.717, 1.165) is 11.1 Å². The fourth-order valence-corrected chi connectivity index (χ4v) is 3.50. The summed E-state index contributed by atoms with van der Waals surface area (Å²) in [7, 11) is 0. The third kappa shape index (κ3) is 5.59. The van der Waals surface area contributed by atoms with Gasteiger partial charge in [-0.05, 0) is 57.7 Å². The van der Waals surface area contributed by atoms with Gasteiger partial charge >= 0.3 is 0 Å². The molecule has 0 aliphatic carbocycles. The molecule has 0 aliphatic heterocycles. The van der Waals surface area contributed by atoms with Gasteiger partial charge in [0, 0.05) is 6.54 Å². The van der Waals surface area contributed by atoms with Crippen molar-refractivity contribution in [1.29, 1.82) is 0 Å². The molecule has 0 saturated carbocycles. The van der Waals surface area contributed by atoms with Gasteiger partial charge in [-0.1, -0.05) is 65.8 Å². The molecular weight excluding hydrogens is 334 g/mol. The number of carbonyl (C=O) groups excluding carboxylic acids is 1. The Morgan fingerprint density at radius 2 is 1.37 bits per heavy atom. The van der Waals surface area contributed by atoms with Gasteiger partial charge in [0.2, 0.25) is 5.91 Å². The van der Waals surface area contributed by atoms with Crippen LogP contribution in [0.2, 0.25) is 0 Å². The minimum Gasteiger partial charge on any atom is -0.508 e. The first-order valence-corrected chi connectivity index (χ1v) is 9.57. The topological polar surface area (TPSA) is 49.3 Å². The lowest BCUT2D eigenvalue weighted by molar-refractivity contribution is -0.120. The molecule has 0 unspecified atom stereocenters. The van der Waals surface area contributed by atoms with Crippen LogP contribution >= 0.6 is 0 Å². The molecule has 0 radical (unpaired) electrons. The number of rotatable bonds is 4. The Balaban J connectivity index is 2.21. The largest absolute Gasteiger partial charge is 0.508 e. The molecule has 0 bridgehead atoms. The van der Waals surface area contributed by atoms with E-state index in [0.29, 0.717) is 13.0 Å². The summed E-state index contributed by atoms with van der Waals surface area (Å²) in [6.07, 6.45) is 0.366. The Morgan fingerprint density at radius 3 is 1.81 bits per heavy atom. The number of carbonyl (C=O) groups is 1. The maximum Gasteiger partial charge on any atom is 0.224 e. The molecule has 0 aliphatic rings. The summed E-state index contributed by atoms with van der Waals surface area (Å²) in [5.41, 5.74) is 6.01. The number of benzene rings is 2. The molecule has 3 heteroatoms. The molecule has 27 heavy (non-hydrogen) atoms. The van der Waals surface area contributed by atoms with Crippen molar-refractivity contribution in [1.82, 2.24) is 5.32 Å². The summed E-state index contributed by atoms with van der Waals surface area (Å²) in [5.74, 6) is 0.237. The van der Waals surface area contributed by atoms with Gasteiger partial charge in [-0.3, -0.25) is 4.79 Å². The van der Waals surface area contributed by atoms with E-state index in [1.807, 2.05) is 12.1 Å². The maximum atomic E-state index is 12.5. The van der Waals surface area contributed by atoms with Gasteiger partial charge in [0.05, 0.1) is 6.42 Å². The van der Waals surface area contributed by atoms with Crippen LogP contribution in [0.1, 0.15) is 69.4 Å². The predicted molar refractivity (Wildman–Crippen MR) is 112 cm³/mol. The van der Waals surface area contributed by atoms with E-state index in [4.69, 9.17) is 0 Å². The summed E-state index contributed by atoms with van der Waals surface area (Å²) >= 11 is 0. The number of phenols is 1. The minimum absolute atomic E-state index is 0.00615. The zero-order valence-electron chi connectivity index (χ0n) is 17.7. The fraction of sp³-hybridized carbons (Fsp3) is 0.458. The summed E-state index contributed by atoms with van der Waals surface area (Å²) < 4.78 is 0. The summed E-state index contributed by atoms with van der Waals surface area (Å²) in [6, 6.07) is 11.3. The van der Waals surface area contributed by atoms with E-state index in [1.165, 1.54) is 16.7 Å². The standard InChI is InChI=1S/C24H33NO2/c1-16-20(23(2,3)4)12-18(13-21(16)24(5,6)7)14-22(27)25-15-17-8-10-19(26)11-9-17/h8-13,26H,14-15H2,1-7H3,(H,25,27). The second-order valence-electron chi connectivity index (χ2n) is 9.44. The summed E-state index contributed by atoms with van der Waals surface area (Å²) in [5, 5.41) is 12.3. The average Bonchev–Trinajstić information content (AvgIpc) is 2.53. The molecule has 0 spiro atoms. The van der Waals surface area contributed by atoms with Gasteiger partial charge in [0.1, 0.15) is 5.75 Å². The van der Waals surface area contributed by atoms with Crippen LogP contribution in [-0.2, 0) is 28.6 Å². The van der Waals surface area contributed by atoms with E-state index in [2.05, 4.69) is 65.9 Å². The Hall–Kier alpha value is -2.29. The number of phenolic OH excluding ortho intramolecular Hbond substituents is 1. The van der Waals surface area contributed by atoms with Crippen molar-refractivity contribution in [2.75, 3.05) is 0 Å². The highest BCUT2D eigenvalue weighted by atomic mass is 16.3. The third-order valence-corrected chi connectivity index (χ3v) is 4.87. The van der Waals surface area contributed by atoms with Crippen molar-refractivity contribution >= 4 is 5.91 Å². The van der Waals surface area contributed by atoms with Gasteiger partial charge in [-0.25, -0.2) is 0 Å². The molecule has 2 aromatic rings. The Labute approximate surface area is 163 Å². The Morgan fingerprint density at radius 1 is 0.889 bits per heavy atom. The van der Waals surface area contributed by atoms with Crippen molar-refractivity contribution in [3.63, 3.8) is 0 Å². The van der Waals surface area contributed by atoms with Gasteiger partial charge in [0.15, 0.2) is 0 Å². The van der Waals surface area contributed by atoms with Crippen molar-refractivity contribution < 1.29 is 9.90 Å². The third-order valence-electron chi connectivity index (χ3n) is 4.87. The van der Waals surface area contributed by atoms with E-state index in [-0.39, 0.29) is 22.5 Å².